The first-order chi connectivity index (χ1) is 21.8. The van der Waals surface area contributed by atoms with E-state index >= 15 is 0 Å². The molecule has 0 bridgehead atoms. The molecule has 0 aliphatic heterocycles. The summed E-state index contributed by atoms with van der Waals surface area (Å²) in [5.74, 6) is -1.21. The molecule has 0 saturated heterocycles. The number of carbonyl (C=O) groups is 4. The third-order valence-electron chi connectivity index (χ3n) is 8.03. The summed E-state index contributed by atoms with van der Waals surface area (Å²) < 4.78 is 5.77. The molecule has 4 rings (SSSR count). The lowest BCUT2D eigenvalue weighted by Gasteiger charge is -2.16. The molecule has 1 saturated carbocycles. The maximum Gasteiger partial charge on any atom is 0.326 e. The zero-order valence-electron chi connectivity index (χ0n) is 25.8. The molecule has 1 aliphatic carbocycles. The van der Waals surface area contributed by atoms with Crippen LogP contribution < -0.4 is 20.7 Å². The average molecular weight is 614 g/mol. The van der Waals surface area contributed by atoms with E-state index in [1.54, 1.807) is 72.8 Å². The van der Waals surface area contributed by atoms with E-state index in [9.17, 15) is 24.3 Å². The molecular formula is C36H43N3O6. The Morgan fingerprint density at radius 3 is 1.98 bits per heavy atom. The fourth-order valence-corrected chi connectivity index (χ4v) is 5.34. The van der Waals surface area contributed by atoms with E-state index in [1.165, 1.54) is 19.3 Å². The third kappa shape index (κ3) is 10.5. The van der Waals surface area contributed by atoms with Crippen molar-refractivity contribution in [3.63, 3.8) is 0 Å². The Morgan fingerprint density at radius 1 is 0.756 bits per heavy atom. The van der Waals surface area contributed by atoms with Crippen molar-refractivity contribution < 1.29 is 29.0 Å². The van der Waals surface area contributed by atoms with Gasteiger partial charge in [0.1, 0.15) is 11.8 Å². The summed E-state index contributed by atoms with van der Waals surface area (Å²) in [6, 6.07) is 19.1. The summed E-state index contributed by atoms with van der Waals surface area (Å²) in [6.45, 7) is 2.84. The van der Waals surface area contributed by atoms with Gasteiger partial charge in [-0.15, -0.1) is 0 Å². The van der Waals surface area contributed by atoms with Gasteiger partial charge < -0.3 is 25.8 Å². The monoisotopic (exact) mass is 613 g/mol. The van der Waals surface area contributed by atoms with Crippen LogP contribution in [0.4, 0.5) is 11.4 Å². The van der Waals surface area contributed by atoms with Crippen LogP contribution in [0.15, 0.2) is 72.8 Å². The number of aliphatic carboxylic acids is 1. The summed E-state index contributed by atoms with van der Waals surface area (Å²) in [7, 11) is 0. The molecule has 0 heterocycles. The van der Waals surface area contributed by atoms with Crippen molar-refractivity contribution in [3.8, 4) is 5.75 Å². The highest BCUT2D eigenvalue weighted by molar-refractivity contribution is 6.04. The predicted octanol–water partition coefficient (Wildman–Crippen LogP) is 6.84. The number of anilines is 2. The lowest BCUT2D eigenvalue weighted by atomic mass is 10.0. The fourth-order valence-electron chi connectivity index (χ4n) is 5.34. The summed E-state index contributed by atoms with van der Waals surface area (Å²) >= 11 is 0. The molecule has 9 heteroatoms. The van der Waals surface area contributed by atoms with E-state index in [0.29, 0.717) is 34.7 Å². The number of carboxylic acid groups (broad SMARTS) is 1. The average Bonchev–Trinajstić information content (AvgIpc) is 3.59. The van der Waals surface area contributed by atoms with Crippen LogP contribution in [0.25, 0.3) is 0 Å². The zero-order valence-corrected chi connectivity index (χ0v) is 25.8. The SMILES string of the molecule is CCCCCCCOc1ccc(C(=O)Nc2ccc(CC(NC(=O)c3ccc(NC(=O)C4CCCC4)cc3)C(=O)O)cc2)cc1. The molecule has 1 unspecified atom stereocenters. The van der Waals surface area contributed by atoms with Crippen molar-refractivity contribution in [2.75, 3.05) is 17.2 Å². The fraction of sp³-hybridized carbons (Fsp3) is 0.389. The molecule has 1 atom stereocenters. The van der Waals surface area contributed by atoms with Crippen LogP contribution in [0.2, 0.25) is 0 Å². The maximum atomic E-state index is 12.8. The predicted molar refractivity (Wildman–Crippen MR) is 175 cm³/mol. The number of rotatable bonds is 16. The van der Waals surface area contributed by atoms with Crippen molar-refractivity contribution in [2.45, 2.75) is 77.2 Å². The van der Waals surface area contributed by atoms with Gasteiger partial charge in [-0.25, -0.2) is 4.79 Å². The van der Waals surface area contributed by atoms with Gasteiger partial charge in [0.25, 0.3) is 11.8 Å². The Kier molecular flexibility index (Phi) is 12.5. The molecule has 3 amide bonds. The number of benzene rings is 3. The summed E-state index contributed by atoms with van der Waals surface area (Å²) in [5, 5.41) is 18.1. The smallest absolute Gasteiger partial charge is 0.326 e. The van der Waals surface area contributed by atoms with Crippen LogP contribution in [0.5, 0.6) is 5.75 Å². The Morgan fingerprint density at radius 2 is 1.33 bits per heavy atom. The molecule has 0 spiro atoms. The number of unbranched alkanes of at least 4 members (excludes halogenated alkanes) is 4. The van der Waals surface area contributed by atoms with Crippen LogP contribution in [0.3, 0.4) is 0 Å². The summed E-state index contributed by atoms with van der Waals surface area (Å²) in [6.07, 6.45) is 9.80. The van der Waals surface area contributed by atoms with Gasteiger partial charge >= 0.3 is 5.97 Å². The Labute approximate surface area is 264 Å². The Balaban J connectivity index is 1.24. The largest absolute Gasteiger partial charge is 0.494 e. The van der Waals surface area contributed by atoms with Gasteiger partial charge in [-0.1, -0.05) is 57.6 Å². The molecule has 3 aromatic rings. The van der Waals surface area contributed by atoms with E-state index in [2.05, 4.69) is 22.9 Å². The van der Waals surface area contributed by atoms with Crippen molar-refractivity contribution in [2.24, 2.45) is 5.92 Å². The molecule has 3 aromatic carbocycles. The van der Waals surface area contributed by atoms with Crippen molar-refractivity contribution in [1.29, 1.82) is 0 Å². The minimum absolute atomic E-state index is 0.0101. The maximum absolute atomic E-state index is 12.8. The lowest BCUT2D eigenvalue weighted by Crippen LogP contribution is -2.42. The summed E-state index contributed by atoms with van der Waals surface area (Å²) in [5.41, 5.74) is 2.63. The van der Waals surface area contributed by atoms with E-state index in [0.717, 1.165) is 44.3 Å². The Hall–Kier alpha value is -4.66. The van der Waals surface area contributed by atoms with Crippen LogP contribution in [-0.4, -0.2) is 41.4 Å². The molecule has 4 N–H and O–H groups in total. The van der Waals surface area contributed by atoms with Gasteiger partial charge in [0.05, 0.1) is 6.61 Å². The molecule has 45 heavy (non-hydrogen) atoms. The normalized spacial score (nSPS) is 13.5. The van der Waals surface area contributed by atoms with Gasteiger partial charge in [0.15, 0.2) is 0 Å². The molecule has 238 valence electrons. The second-order valence-corrected chi connectivity index (χ2v) is 11.6. The Bertz CT molecular complexity index is 1410. The summed E-state index contributed by atoms with van der Waals surface area (Å²) in [4.78, 5) is 49.8. The number of hydrogen-bond acceptors (Lipinski definition) is 5. The molecule has 1 fully saturated rings. The number of carbonyl (C=O) groups excluding carboxylic acids is 3. The van der Waals surface area contributed by atoms with E-state index < -0.39 is 17.9 Å². The highest BCUT2D eigenvalue weighted by atomic mass is 16.5. The van der Waals surface area contributed by atoms with Crippen LogP contribution >= 0.6 is 0 Å². The first-order valence-electron chi connectivity index (χ1n) is 15.9. The number of nitrogens with one attached hydrogen (secondary N) is 3. The second-order valence-electron chi connectivity index (χ2n) is 11.6. The highest BCUT2D eigenvalue weighted by Gasteiger charge is 2.23. The van der Waals surface area contributed by atoms with E-state index in [-0.39, 0.29) is 24.2 Å². The van der Waals surface area contributed by atoms with Crippen LogP contribution in [-0.2, 0) is 16.0 Å². The number of amides is 3. The van der Waals surface area contributed by atoms with Gasteiger partial charge in [0.2, 0.25) is 5.91 Å². The molecule has 1 aliphatic rings. The van der Waals surface area contributed by atoms with E-state index in [1.807, 2.05) is 0 Å². The molecular weight excluding hydrogens is 570 g/mol. The highest BCUT2D eigenvalue weighted by Crippen LogP contribution is 2.26. The van der Waals surface area contributed by atoms with Crippen LogP contribution in [0.1, 0.15) is 91.0 Å². The standard InChI is InChI=1S/C36H43N3O6/c1-2-3-4-5-8-23-45-31-21-15-28(16-22-31)34(41)37-29-17-11-25(12-18-29)24-32(36(43)44)39-35(42)27-13-19-30(20-14-27)38-33(40)26-9-6-7-10-26/h11-22,26,32H,2-10,23-24H2,1H3,(H,37,41)(H,38,40)(H,39,42)(H,43,44). The van der Waals surface area contributed by atoms with Gasteiger partial charge in [0, 0.05) is 34.8 Å². The first kappa shape index (κ1) is 33.2. The van der Waals surface area contributed by atoms with Crippen molar-refractivity contribution in [1.82, 2.24) is 5.32 Å². The first-order valence-corrected chi connectivity index (χ1v) is 15.9. The molecule has 0 aromatic heterocycles. The number of carboxylic acids is 1. The molecule has 9 nitrogen and oxygen atoms in total. The number of hydrogen-bond donors (Lipinski definition) is 4. The molecule has 0 radical (unpaired) electrons. The van der Waals surface area contributed by atoms with Crippen LogP contribution in [0, 0.1) is 5.92 Å². The number of ether oxygens (including phenoxy) is 1. The van der Waals surface area contributed by atoms with Gasteiger partial charge in [-0.05, 0) is 85.5 Å². The van der Waals surface area contributed by atoms with Crippen molar-refractivity contribution >= 4 is 35.1 Å². The minimum atomic E-state index is -1.16. The van der Waals surface area contributed by atoms with Crippen molar-refractivity contribution in [3.05, 3.63) is 89.5 Å². The third-order valence-corrected chi connectivity index (χ3v) is 8.03. The van der Waals surface area contributed by atoms with Gasteiger partial charge in [-0.3, -0.25) is 14.4 Å². The zero-order chi connectivity index (χ0) is 32.0. The second kappa shape index (κ2) is 17.0. The van der Waals surface area contributed by atoms with E-state index in [4.69, 9.17) is 4.74 Å². The minimum Gasteiger partial charge on any atom is -0.494 e. The topological polar surface area (TPSA) is 134 Å². The van der Waals surface area contributed by atoms with Gasteiger partial charge in [-0.2, -0.15) is 0 Å². The quantitative estimate of drug-likeness (QED) is 0.131. The lowest BCUT2D eigenvalue weighted by molar-refractivity contribution is -0.139.